The molecule has 0 radical (unpaired) electrons. The summed E-state index contributed by atoms with van der Waals surface area (Å²) in [6.07, 6.45) is -0.617. The second kappa shape index (κ2) is 16.9. The smallest absolute Gasteiger partial charge is 0.326 e. The van der Waals surface area contributed by atoms with Crippen LogP contribution in [0.25, 0.3) is 0 Å². The highest BCUT2D eigenvalue weighted by Crippen LogP contribution is 2.03. The van der Waals surface area contributed by atoms with Crippen LogP contribution < -0.4 is 5.32 Å². The molecule has 13 nitrogen and oxygen atoms in total. The number of Topliss-reactive ketones (excluding diaryl/α,β-unsaturated/α-hetero) is 3. The van der Waals surface area contributed by atoms with Crippen LogP contribution >= 0.6 is 0 Å². The molecular weight excluding hydrogens is 486 g/mol. The van der Waals surface area contributed by atoms with E-state index >= 15 is 0 Å². The molecule has 37 heavy (non-hydrogen) atoms. The molecule has 1 fully saturated rings. The molecule has 210 valence electrons. The van der Waals surface area contributed by atoms with E-state index in [-0.39, 0.29) is 56.4 Å². The van der Waals surface area contributed by atoms with Crippen molar-refractivity contribution in [1.29, 1.82) is 0 Å². The number of carbonyl (C=O) groups excluding carboxylic acids is 4. The van der Waals surface area contributed by atoms with Gasteiger partial charge in [-0.15, -0.1) is 0 Å². The molecule has 1 heterocycles. The predicted molar refractivity (Wildman–Crippen MR) is 134 cm³/mol. The summed E-state index contributed by atoms with van der Waals surface area (Å²) in [5.41, 5.74) is 0. The zero-order valence-electron chi connectivity index (χ0n) is 22.1. The molecule has 0 aliphatic carbocycles. The Labute approximate surface area is 217 Å². The topological polar surface area (TPSA) is 168 Å². The average molecular weight is 528 g/mol. The van der Waals surface area contributed by atoms with Crippen molar-refractivity contribution < 1.29 is 39.0 Å². The maximum Gasteiger partial charge on any atom is 0.326 e. The van der Waals surface area contributed by atoms with Crippen LogP contribution in [0.15, 0.2) is 0 Å². The molecule has 1 aliphatic heterocycles. The van der Waals surface area contributed by atoms with Gasteiger partial charge >= 0.3 is 11.9 Å². The summed E-state index contributed by atoms with van der Waals surface area (Å²) in [6.45, 7) is 9.08. The Balaban J connectivity index is 2.98. The first-order chi connectivity index (χ1) is 17.3. The summed E-state index contributed by atoms with van der Waals surface area (Å²) in [5.74, 6) is -2.99. The minimum atomic E-state index is -1.31. The first-order valence-corrected chi connectivity index (χ1v) is 12.5. The molecule has 0 bridgehead atoms. The van der Waals surface area contributed by atoms with Crippen molar-refractivity contribution in [3.05, 3.63) is 0 Å². The second-order valence-electron chi connectivity index (χ2n) is 9.60. The standard InChI is InChI=1S/C24H41N5O8/c1-18(30)14-26-6-8-27(15-19(2)31)10-12-29(13-11-28(9-7-26)16-20(3)32)17-22(33)25-21(24(36)37)4-5-23(34)35/h21H,4-17H2,1-3H3,(H,25,33)(H,34,35)(H,36,37)/t21-/m0/s1. The van der Waals surface area contributed by atoms with E-state index < -0.39 is 23.9 Å². The molecule has 3 N–H and O–H groups in total. The van der Waals surface area contributed by atoms with Gasteiger partial charge in [0.05, 0.1) is 26.2 Å². The molecule has 1 atom stereocenters. The fourth-order valence-corrected chi connectivity index (χ4v) is 4.12. The fourth-order valence-electron chi connectivity index (χ4n) is 4.12. The summed E-state index contributed by atoms with van der Waals surface area (Å²) >= 11 is 0. The van der Waals surface area contributed by atoms with Gasteiger partial charge < -0.3 is 15.5 Å². The number of ketones is 3. The number of carboxylic acids is 2. The van der Waals surface area contributed by atoms with Crippen molar-refractivity contribution >= 4 is 35.2 Å². The van der Waals surface area contributed by atoms with E-state index in [2.05, 4.69) is 5.32 Å². The van der Waals surface area contributed by atoms with E-state index in [0.717, 1.165) is 0 Å². The van der Waals surface area contributed by atoms with Crippen molar-refractivity contribution in [2.75, 3.05) is 78.5 Å². The lowest BCUT2D eigenvalue weighted by atomic mass is 10.1. The second-order valence-corrected chi connectivity index (χ2v) is 9.60. The van der Waals surface area contributed by atoms with Gasteiger partial charge in [0.1, 0.15) is 23.4 Å². The van der Waals surface area contributed by atoms with Crippen molar-refractivity contribution in [1.82, 2.24) is 24.9 Å². The molecule has 0 spiro atoms. The Morgan fingerprint density at radius 1 is 0.622 bits per heavy atom. The van der Waals surface area contributed by atoms with Crippen LogP contribution in [-0.4, -0.2) is 150 Å². The van der Waals surface area contributed by atoms with Crippen LogP contribution in [-0.2, 0) is 28.8 Å². The Morgan fingerprint density at radius 3 is 1.22 bits per heavy atom. The summed E-state index contributed by atoms with van der Waals surface area (Å²) in [6, 6.07) is -1.31. The number of carboxylic acid groups (broad SMARTS) is 2. The third-order valence-electron chi connectivity index (χ3n) is 5.92. The summed E-state index contributed by atoms with van der Waals surface area (Å²) in [5, 5.41) is 20.6. The lowest BCUT2D eigenvalue weighted by molar-refractivity contribution is -0.143. The van der Waals surface area contributed by atoms with Gasteiger partial charge in [-0.25, -0.2) is 4.79 Å². The van der Waals surface area contributed by atoms with Crippen LogP contribution in [0.4, 0.5) is 0 Å². The van der Waals surface area contributed by atoms with Crippen LogP contribution in [0.1, 0.15) is 33.6 Å². The third kappa shape index (κ3) is 15.2. The molecular formula is C24H41N5O8. The van der Waals surface area contributed by atoms with Gasteiger partial charge in [-0.3, -0.25) is 43.6 Å². The highest BCUT2D eigenvalue weighted by Gasteiger charge is 2.24. The number of rotatable bonds is 13. The van der Waals surface area contributed by atoms with E-state index in [1.807, 2.05) is 19.6 Å². The molecule has 1 saturated heterocycles. The summed E-state index contributed by atoms with van der Waals surface area (Å²) in [4.78, 5) is 78.1. The maximum atomic E-state index is 12.7. The molecule has 0 unspecified atom stereocenters. The molecule has 0 aromatic carbocycles. The highest BCUT2D eigenvalue weighted by atomic mass is 16.4. The minimum absolute atomic E-state index is 0.00938. The van der Waals surface area contributed by atoms with E-state index in [0.29, 0.717) is 52.4 Å². The number of nitrogens with zero attached hydrogens (tertiary/aromatic N) is 4. The molecule has 1 aliphatic rings. The SMILES string of the molecule is CC(=O)CN1CCN(CC(C)=O)CCN(CC(=O)N[C@@H](CCC(=O)O)C(=O)O)CCN(CC(C)=O)CC1. The van der Waals surface area contributed by atoms with E-state index in [9.17, 15) is 33.9 Å². The zero-order valence-corrected chi connectivity index (χ0v) is 22.1. The minimum Gasteiger partial charge on any atom is -0.481 e. The maximum absolute atomic E-state index is 12.7. The molecule has 0 aromatic heterocycles. The third-order valence-corrected chi connectivity index (χ3v) is 5.92. The van der Waals surface area contributed by atoms with E-state index in [4.69, 9.17) is 5.11 Å². The Morgan fingerprint density at radius 2 is 0.946 bits per heavy atom. The normalized spacial score (nSPS) is 18.2. The first-order valence-electron chi connectivity index (χ1n) is 12.5. The van der Waals surface area contributed by atoms with Gasteiger partial charge in [-0.05, 0) is 27.2 Å². The lowest BCUT2D eigenvalue weighted by Crippen LogP contribution is -2.51. The van der Waals surface area contributed by atoms with Crippen molar-refractivity contribution in [2.24, 2.45) is 0 Å². The Kier molecular flexibility index (Phi) is 14.7. The zero-order chi connectivity index (χ0) is 28.0. The van der Waals surface area contributed by atoms with Gasteiger partial charge in [0.15, 0.2) is 0 Å². The number of carbonyl (C=O) groups is 6. The summed E-state index contributed by atoms with van der Waals surface area (Å²) < 4.78 is 0. The number of nitrogens with one attached hydrogen (secondary N) is 1. The largest absolute Gasteiger partial charge is 0.481 e. The highest BCUT2D eigenvalue weighted by molar-refractivity contribution is 5.85. The van der Waals surface area contributed by atoms with Crippen LogP contribution in [0.2, 0.25) is 0 Å². The number of hydrogen-bond donors (Lipinski definition) is 3. The van der Waals surface area contributed by atoms with Gasteiger partial charge in [0.2, 0.25) is 5.91 Å². The predicted octanol–water partition coefficient (Wildman–Crippen LogP) is -1.59. The average Bonchev–Trinajstić information content (AvgIpc) is 2.77. The number of hydrogen-bond acceptors (Lipinski definition) is 10. The fraction of sp³-hybridized carbons (Fsp3) is 0.750. The van der Waals surface area contributed by atoms with Crippen LogP contribution in [0.5, 0.6) is 0 Å². The molecule has 1 rings (SSSR count). The van der Waals surface area contributed by atoms with E-state index in [1.54, 1.807) is 0 Å². The van der Waals surface area contributed by atoms with Crippen molar-refractivity contribution in [3.8, 4) is 0 Å². The van der Waals surface area contributed by atoms with Gasteiger partial charge in [0, 0.05) is 58.8 Å². The first kappa shape index (κ1) is 32.3. The van der Waals surface area contributed by atoms with Gasteiger partial charge in [0.25, 0.3) is 0 Å². The Bertz CT molecular complexity index is 789. The van der Waals surface area contributed by atoms with Crippen LogP contribution in [0, 0.1) is 0 Å². The van der Waals surface area contributed by atoms with Crippen LogP contribution in [0.3, 0.4) is 0 Å². The molecule has 1 amide bonds. The molecule has 13 heteroatoms. The van der Waals surface area contributed by atoms with Gasteiger partial charge in [-0.2, -0.15) is 0 Å². The van der Waals surface area contributed by atoms with Crippen molar-refractivity contribution in [3.63, 3.8) is 0 Å². The lowest BCUT2D eigenvalue weighted by Gasteiger charge is -2.33. The molecule has 0 aromatic rings. The summed E-state index contributed by atoms with van der Waals surface area (Å²) in [7, 11) is 0. The Hall–Kier alpha value is -2.74. The van der Waals surface area contributed by atoms with Crippen molar-refractivity contribution in [2.45, 2.75) is 39.7 Å². The monoisotopic (exact) mass is 527 g/mol. The van der Waals surface area contributed by atoms with Gasteiger partial charge in [-0.1, -0.05) is 0 Å². The number of aliphatic carboxylic acids is 2. The van der Waals surface area contributed by atoms with E-state index in [1.165, 1.54) is 20.8 Å². The number of amides is 1. The quantitative estimate of drug-likeness (QED) is 0.251. The molecule has 0 saturated carbocycles.